The fraction of sp³-hybridized carbons (Fsp3) is 0.667. The largest absolute Gasteiger partial charge is 0.492 e. The number of likely N-dealkylation sites (N-methyl/N-ethyl adjacent to an activating group) is 1. The standard InChI is InChI=1S/C21H36N4O2.HI/c1-5-25(6-2)13-15-26-19-11-8-7-10-18(19)16-23-20(22-4)24-17-21(3)12-9-14-27-21;/h7-8,10-11H,5-6,9,12-17H2,1-4H3,(H2,22,23,24);1H. The van der Waals surface area contributed by atoms with Gasteiger partial charge in [0, 0.05) is 38.9 Å². The molecular weight excluding hydrogens is 467 g/mol. The van der Waals surface area contributed by atoms with E-state index >= 15 is 0 Å². The first-order valence-corrected chi connectivity index (χ1v) is 10.1. The normalized spacial score (nSPS) is 19.4. The Morgan fingerprint density at radius 2 is 2.00 bits per heavy atom. The van der Waals surface area contributed by atoms with Crippen molar-refractivity contribution in [1.82, 2.24) is 15.5 Å². The molecule has 1 aromatic carbocycles. The Labute approximate surface area is 187 Å². The van der Waals surface area contributed by atoms with Gasteiger partial charge in [-0.25, -0.2) is 0 Å². The Hall–Kier alpha value is -1.06. The van der Waals surface area contributed by atoms with Gasteiger partial charge in [-0.05, 0) is 38.9 Å². The lowest BCUT2D eigenvalue weighted by Crippen LogP contribution is -2.45. The van der Waals surface area contributed by atoms with Crippen LogP contribution in [0.1, 0.15) is 39.2 Å². The Kier molecular flexibility index (Phi) is 11.8. The third-order valence-corrected chi connectivity index (χ3v) is 5.13. The number of hydrogen-bond donors (Lipinski definition) is 2. The van der Waals surface area contributed by atoms with Crippen molar-refractivity contribution in [3.8, 4) is 5.75 Å². The predicted octanol–water partition coefficient (Wildman–Crippen LogP) is 3.26. The smallest absolute Gasteiger partial charge is 0.191 e. The summed E-state index contributed by atoms with van der Waals surface area (Å²) in [5.74, 6) is 1.71. The van der Waals surface area contributed by atoms with Crippen molar-refractivity contribution in [2.45, 2.75) is 45.8 Å². The fourth-order valence-corrected chi connectivity index (χ4v) is 3.26. The molecule has 2 N–H and O–H groups in total. The summed E-state index contributed by atoms with van der Waals surface area (Å²) < 4.78 is 11.9. The van der Waals surface area contributed by atoms with E-state index in [2.05, 4.69) is 47.4 Å². The van der Waals surface area contributed by atoms with E-state index in [0.717, 1.165) is 62.9 Å². The molecule has 1 aromatic rings. The SMILES string of the molecule is CCN(CC)CCOc1ccccc1CNC(=NC)NCC1(C)CCCO1.I. The van der Waals surface area contributed by atoms with Crippen LogP contribution < -0.4 is 15.4 Å². The van der Waals surface area contributed by atoms with Gasteiger partial charge in [-0.2, -0.15) is 0 Å². The van der Waals surface area contributed by atoms with Crippen molar-refractivity contribution in [2.75, 3.05) is 46.4 Å². The van der Waals surface area contributed by atoms with Gasteiger partial charge in [0.05, 0.1) is 5.60 Å². The molecule has 0 radical (unpaired) electrons. The molecule has 0 aliphatic carbocycles. The molecule has 6 nitrogen and oxygen atoms in total. The Bertz CT molecular complexity index is 588. The van der Waals surface area contributed by atoms with Crippen molar-refractivity contribution in [3.05, 3.63) is 29.8 Å². The Balaban J connectivity index is 0.00000392. The van der Waals surface area contributed by atoms with Crippen LogP contribution in [0.3, 0.4) is 0 Å². The number of ether oxygens (including phenoxy) is 2. The van der Waals surface area contributed by atoms with Crippen molar-refractivity contribution in [3.63, 3.8) is 0 Å². The van der Waals surface area contributed by atoms with Crippen molar-refractivity contribution in [1.29, 1.82) is 0 Å². The number of rotatable bonds is 10. The molecule has 1 atom stereocenters. The number of benzene rings is 1. The number of hydrogen-bond acceptors (Lipinski definition) is 4. The summed E-state index contributed by atoms with van der Waals surface area (Å²) in [5, 5.41) is 6.76. The van der Waals surface area contributed by atoms with Crippen LogP contribution in [0.25, 0.3) is 0 Å². The van der Waals surface area contributed by atoms with Crippen LogP contribution in [0.4, 0.5) is 0 Å². The van der Waals surface area contributed by atoms with Crippen LogP contribution in [0.5, 0.6) is 5.75 Å². The average Bonchev–Trinajstić information content (AvgIpc) is 3.13. The van der Waals surface area contributed by atoms with Gasteiger partial charge < -0.3 is 25.0 Å². The summed E-state index contributed by atoms with van der Waals surface area (Å²) in [5.41, 5.74) is 1.03. The van der Waals surface area contributed by atoms with Crippen LogP contribution >= 0.6 is 24.0 Å². The third kappa shape index (κ3) is 8.13. The molecule has 1 aliphatic heterocycles. The maximum absolute atomic E-state index is 6.03. The van der Waals surface area contributed by atoms with E-state index in [9.17, 15) is 0 Å². The summed E-state index contributed by atoms with van der Waals surface area (Å²) in [6.45, 7) is 12.5. The van der Waals surface area contributed by atoms with Gasteiger partial charge in [-0.3, -0.25) is 4.99 Å². The molecule has 1 unspecified atom stereocenters. The van der Waals surface area contributed by atoms with Crippen LogP contribution in [0, 0.1) is 0 Å². The first kappa shape index (κ1) is 25.0. The third-order valence-electron chi connectivity index (χ3n) is 5.13. The summed E-state index contributed by atoms with van der Waals surface area (Å²) in [6, 6.07) is 8.18. The van der Waals surface area contributed by atoms with Crippen molar-refractivity contribution in [2.24, 2.45) is 4.99 Å². The molecule has 0 bridgehead atoms. The van der Waals surface area contributed by atoms with E-state index < -0.39 is 0 Å². The molecule has 7 heteroatoms. The van der Waals surface area contributed by atoms with Gasteiger partial charge in [0.1, 0.15) is 12.4 Å². The van der Waals surface area contributed by atoms with Gasteiger partial charge in [-0.15, -0.1) is 24.0 Å². The number of nitrogens with one attached hydrogen (secondary N) is 2. The summed E-state index contributed by atoms with van der Waals surface area (Å²) in [7, 11) is 1.79. The van der Waals surface area contributed by atoms with Crippen LogP contribution in [-0.2, 0) is 11.3 Å². The van der Waals surface area contributed by atoms with E-state index in [4.69, 9.17) is 9.47 Å². The average molecular weight is 504 g/mol. The Morgan fingerprint density at radius 3 is 2.64 bits per heavy atom. The Morgan fingerprint density at radius 1 is 1.25 bits per heavy atom. The predicted molar refractivity (Wildman–Crippen MR) is 127 cm³/mol. The molecule has 28 heavy (non-hydrogen) atoms. The van der Waals surface area contributed by atoms with Crippen LogP contribution in [0.2, 0.25) is 0 Å². The number of nitrogens with zero attached hydrogens (tertiary/aromatic N) is 2. The van der Waals surface area contributed by atoms with Gasteiger partial charge in [0.2, 0.25) is 0 Å². The highest BCUT2D eigenvalue weighted by atomic mass is 127. The topological polar surface area (TPSA) is 58.1 Å². The molecule has 0 saturated carbocycles. The van der Waals surface area contributed by atoms with E-state index in [1.54, 1.807) is 7.05 Å². The second-order valence-corrected chi connectivity index (χ2v) is 7.16. The van der Waals surface area contributed by atoms with E-state index in [1.165, 1.54) is 0 Å². The number of para-hydroxylation sites is 1. The molecule has 1 fully saturated rings. The van der Waals surface area contributed by atoms with Gasteiger partial charge in [0.15, 0.2) is 5.96 Å². The summed E-state index contributed by atoms with van der Waals surface area (Å²) in [4.78, 5) is 6.68. The molecule has 1 saturated heterocycles. The lowest BCUT2D eigenvalue weighted by Gasteiger charge is -2.25. The molecule has 0 spiro atoms. The lowest BCUT2D eigenvalue weighted by molar-refractivity contribution is 0.0243. The van der Waals surface area contributed by atoms with Gasteiger partial charge in [-0.1, -0.05) is 32.0 Å². The summed E-state index contributed by atoms with van der Waals surface area (Å²) >= 11 is 0. The monoisotopic (exact) mass is 504 g/mol. The van der Waals surface area contributed by atoms with Crippen molar-refractivity contribution < 1.29 is 9.47 Å². The molecule has 0 aromatic heterocycles. The molecule has 1 heterocycles. The highest BCUT2D eigenvalue weighted by molar-refractivity contribution is 14.0. The van der Waals surface area contributed by atoms with Gasteiger partial charge >= 0.3 is 0 Å². The highest BCUT2D eigenvalue weighted by Crippen LogP contribution is 2.23. The zero-order chi connectivity index (χ0) is 19.5. The van der Waals surface area contributed by atoms with Crippen LogP contribution in [-0.4, -0.2) is 62.9 Å². The van der Waals surface area contributed by atoms with Crippen LogP contribution in [0.15, 0.2) is 29.3 Å². The van der Waals surface area contributed by atoms with Crippen molar-refractivity contribution >= 4 is 29.9 Å². The minimum absolute atomic E-state index is 0. The maximum Gasteiger partial charge on any atom is 0.191 e. The number of halogens is 1. The molecule has 160 valence electrons. The van der Waals surface area contributed by atoms with E-state index in [-0.39, 0.29) is 29.6 Å². The van der Waals surface area contributed by atoms with Gasteiger partial charge in [0.25, 0.3) is 0 Å². The second-order valence-electron chi connectivity index (χ2n) is 7.16. The minimum atomic E-state index is -0.0942. The lowest BCUT2D eigenvalue weighted by atomic mass is 10.0. The first-order valence-electron chi connectivity index (χ1n) is 10.1. The zero-order valence-corrected chi connectivity index (χ0v) is 20.1. The summed E-state index contributed by atoms with van der Waals surface area (Å²) in [6.07, 6.45) is 2.21. The quantitative estimate of drug-likeness (QED) is 0.291. The maximum atomic E-state index is 6.03. The second kappa shape index (κ2) is 13.2. The minimum Gasteiger partial charge on any atom is -0.492 e. The zero-order valence-electron chi connectivity index (χ0n) is 17.8. The van der Waals surface area contributed by atoms with E-state index in [0.29, 0.717) is 13.2 Å². The number of guanidine groups is 1. The first-order chi connectivity index (χ1) is 13.1. The fourth-order valence-electron chi connectivity index (χ4n) is 3.26. The number of aliphatic imine (C=N–C) groups is 1. The molecule has 0 amide bonds. The van der Waals surface area contributed by atoms with E-state index in [1.807, 2.05) is 18.2 Å². The molecule has 1 aliphatic rings. The highest BCUT2D eigenvalue weighted by Gasteiger charge is 2.29. The molecular formula is C21H37IN4O2. The molecule has 2 rings (SSSR count).